The van der Waals surface area contributed by atoms with Crippen LogP contribution < -0.4 is 10.6 Å². The molecule has 5 heteroatoms. The summed E-state index contributed by atoms with van der Waals surface area (Å²) in [6, 6.07) is 5.61. The van der Waals surface area contributed by atoms with Gasteiger partial charge in [-0.15, -0.1) is 0 Å². The number of benzene rings is 1. The molecule has 1 aliphatic rings. The second kappa shape index (κ2) is 9.72. The predicted molar refractivity (Wildman–Crippen MR) is 106 cm³/mol. The Labute approximate surface area is 157 Å². The number of carbonyl (C=O) groups excluding carboxylic acids is 2. The number of rotatable bonds is 7. The van der Waals surface area contributed by atoms with Crippen molar-refractivity contribution in [3.8, 4) is 0 Å². The first-order chi connectivity index (χ1) is 12.4. The van der Waals surface area contributed by atoms with Crippen LogP contribution in [-0.4, -0.2) is 42.9 Å². The normalized spacial score (nSPS) is 16.3. The molecular weight excluding hydrogens is 326 g/mol. The van der Waals surface area contributed by atoms with Crippen LogP contribution in [0.2, 0.25) is 0 Å². The largest absolute Gasteiger partial charge is 0.354 e. The molecule has 2 rings (SSSR count). The topological polar surface area (TPSA) is 61.4 Å². The SMILES string of the molecule is Cc1cccc(C)c1NC(=O)CN(C)[C@@H](C)C(=O)NCC1CCCCC1. The Morgan fingerprint density at radius 2 is 1.77 bits per heavy atom. The standard InChI is InChI=1S/C21H33N3O2/c1-15-9-8-10-16(2)20(15)23-19(25)14-24(4)17(3)21(26)22-13-18-11-6-5-7-12-18/h8-10,17-18H,5-7,11-14H2,1-4H3,(H,22,26)(H,23,25)/t17-/m0/s1. The van der Waals surface area contributed by atoms with Crippen LogP contribution in [0.25, 0.3) is 0 Å². The summed E-state index contributed by atoms with van der Waals surface area (Å²) in [6.07, 6.45) is 6.29. The minimum absolute atomic E-state index is 0.00190. The van der Waals surface area contributed by atoms with Crippen molar-refractivity contribution in [1.29, 1.82) is 0 Å². The highest BCUT2D eigenvalue weighted by atomic mass is 16.2. The molecule has 2 amide bonds. The number of aryl methyl sites for hydroxylation is 2. The highest BCUT2D eigenvalue weighted by molar-refractivity contribution is 5.94. The molecule has 1 aromatic carbocycles. The maximum atomic E-state index is 12.4. The van der Waals surface area contributed by atoms with Crippen LogP contribution in [0, 0.1) is 19.8 Å². The lowest BCUT2D eigenvalue weighted by Gasteiger charge is -2.26. The molecule has 0 spiro atoms. The summed E-state index contributed by atoms with van der Waals surface area (Å²) < 4.78 is 0. The number of likely N-dealkylation sites (N-methyl/N-ethyl adjacent to an activating group) is 1. The van der Waals surface area contributed by atoms with Crippen molar-refractivity contribution in [3.05, 3.63) is 29.3 Å². The molecule has 1 aromatic rings. The van der Waals surface area contributed by atoms with E-state index in [2.05, 4.69) is 10.6 Å². The summed E-state index contributed by atoms with van der Waals surface area (Å²) in [7, 11) is 1.81. The highest BCUT2D eigenvalue weighted by Crippen LogP contribution is 2.23. The van der Waals surface area contributed by atoms with E-state index in [0.29, 0.717) is 5.92 Å². The van der Waals surface area contributed by atoms with Crippen LogP contribution in [0.5, 0.6) is 0 Å². The first kappa shape index (κ1) is 20.4. The molecule has 1 fully saturated rings. The zero-order valence-corrected chi connectivity index (χ0v) is 16.6. The van der Waals surface area contributed by atoms with Gasteiger partial charge in [0.05, 0.1) is 12.6 Å². The average Bonchev–Trinajstić information content (AvgIpc) is 2.63. The van der Waals surface area contributed by atoms with E-state index in [-0.39, 0.29) is 24.4 Å². The predicted octanol–water partition coefficient (Wildman–Crippen LogP) is 3.26. The number of hydrogen-bond acceptors (Lipinski definition) is 3. The molecular formula is C21H33N3O2. The number of anilines is 1. The fourth-order valence-electron chi connectivity index (χ4n) is 3.54. The molecule has 0 bridgehead atoms. The number of hydrogen-bond donors (Lipinski definition) is 2. The molecule has 26 heavy (non-hydrogen) atoms. The number of nitrogens with zero attached hydrogens (tertiary/aromatic N) is 1. The molecule has 0 heterocycles. The Kier molecular flexibility index (Phi) is 7.64. The van der Waals surface area contributed by atoms with Crippen LogP contribution >= 0.6 is 0 Å². The van der Waals surface area contributed by atoms with Crippen molar-refractivity contribution in [1.82, 2.24) is 10.2 Å². The number of para-hydroxylation sites is 1. The first-order valence-electron chi connectivity index (χ1n) is 9.72. The van der Waals surface area contributed by atoms with Gasteiger partial charge in [-0.3, -0.25) is 14.5 Å². The van der Waals surface area contributed by atoms with Crippen LogP contribution in [0.4, 0.5) is 5.69 Å². The van der Waals surface area contributed by atoms with Crippen molar-refractivity contribution in [3.63, 3.8) is 0 Å². The van der Waals surface area contributed by atoms with E-state index in [9.17, 15) is 9.59 Å². The summed E-state index contributed by atoms with van der Waals surface area (Å²) in [5, 5.41) is 6.04. The van der Waals surface area contributed by atoms with E-state index in [0.717, 1.165) is 23.4 Å². The molecule has 2 N–H and O–H groups in total. The van der Waals surface area contributed by atoms with Gasteiger partial charge in [0.2, 0.25) is 11.8 Å². The van der Waals surface area contributed by atoms with Gasteiger partial charge in [-0.2, -0.15) is 0 Å². The average molecular weight is 360 g/mol. The molecule has 1 aliphatic carbocycles. The second-order valence-electron chi connectivity index (χ2n) is 7.66. The fourth-order valence-corrected chi connectivity index (χ4v) is 3.54. The van der Waals surface area contributed by atoms with Crippen molar-refractivity contribution in [2.24, 2.45) is 5.92 Å². The molecule has 0 unspecified atom stereocenters. The Morgan fingerprint density at radius 1 is 1.15 bits per heavy atom. The molecule has 0 aromatic heterocycles. The smallest absolute Gasteiger partial charge is 0.238 e. The van der Waals surface area contributed by atoms with Crippen LogP contribution in [0.15, 0.2) is 18.2 Å². The maximum Gasteiger partial charge on any atom is 0.238 e. The van der Waals surface area contributed by atoms with Gasteiger partial charge >= 0.3 is 0 Å². The van der Waals surface area contributed by atoms with Gasteiger partial charge in [-0.25, -0.2) is 0 Å². The van der Waals surface area contributed by atoms with E-state index in [1.54, 1.807) is 4.90 Å². The van der Waals surface area contributed by atoms with Crippen molar-refractivity contribution >= 4 is 17.5 Å². The first-order valence-corrected chi connectivity index (χ1v) is 9.72. The zero-order valence-electron chi connectivity index (χ0n) is 16.6. The monoisotopic (exact) mass is 359 g/mol. The second-order valence-corrected chi connectivity index (χ2v) is 7.66. The molecule has 5 nitrogen and oxygen atoms in total. The van der Waals surface area contributed by atoms with E-state index in [1.165, 1.54) is 32.1 Å². The number of carbonyl (C=O) groups is 2. The molecule has 144 valence electrons. The third-order valence-electron chi connectivity index (χ3n) is 5.47. The molecule has 1 atom stereocenters. The van der Waals surface area contributed by atoms with Gasteiger partial charge in [0.25, 0.3) is 0 Å². The van der Waals surface area contributed by atoms with Gasteiger partial charge in [-0.1, -0.05) is 37.5 Å². The zero-order chi connectivity index (χ0) is 19.1. The van der Waals surface area contributed by atoms with E-state index in [1.807, 2.05) is 46.0 Å². The van der Waals surface area contributed by atoms with Gasteiger partial charge in [0.15, 0.2) is 0 Å². The lowest BCUT2D eigenvalue weighted by atomic mass is 9.89. The summed E-state index contributed by atoms with van der Waals surface area (Å²) >= 11 is 0. The number of nitrogens with one attached hydrogen (secondary N) is 2. The summed E-state index contributed by atoms with van der Waals surface area (Å²) in [6.45, 7) is 6.75. The van der Waals surface area contributed by atoms with Gasteiger partial charge in [-0.05, 0) is 57.7 Å². The Hall–Kier alpha value is -1.88. The molecule has 0 radical (unpaired) electrons. The number of amides is 2. The van der Waals surface area contributed by atoms with E-state index < -0.39 is 0 Å². The third kappa shape index (κ3) is 5.84. The van der Waals surface area contributed by atoms with E-state index in [4.69, 9.17) is 0 Å². The minimum atomic E-state index is -0.331. The molecule has 0 saturated heterocycles. The summed E-state index contributed by atoms with van der Waals surface area (Å²) in [4.78, 5) is 26.6. The summed E-state index contributed by atoms with van der Waals surface area (Å²) in [5.41, 5.74) is 2.94. The Balaban J connectivity index is 1.80. The third-order valence-corrected chi connectivity index (χ3v) is 5.47. The van der Waals surface area contributed by atoms with Crippen molar-refractivity contribution in [2.45, 2.75) is 58.9 Å². The van der Waals surface area contributed by atoms with Gasteiger partial charge in [0, 0.05) is 12.2 Å². The summed E-state index contributed by atoms with van der Waals surface area (Å²) in [5.74, 6) is 0.507. The lowest BCUT2D eigenvalue weighted by Crippen LogP contribution is -2.47. The van der Waals surface area contributed by atoms with Crippen molar-refractivity contribution in [2.75, 3.05) is 25.5 Å². The van der Waals surface area contributed by atoms with Crippen LogP contribution in [0.1, 0.15) is 50.2 Å². The van der Waals surface area contributed by atoms with Crippen LogP contribution in [0.3, 0.4) is 0 Å². The highest BCUT2D eigenvalue weighted by Gasteiger charge is 2.22. The van der Waals surface area contributed by atoms with Crippen molar-refractivity contribution < 1.29 is 9.59 Å². The quantitative estimate of drug-likeness (QED) is 0.785. The lowest BCUT2D eigenvalue weighted by molar-refractivity contribution is -0.126. The Morgan fingerprint density at radius 3 is 2.38 bits per heavy atom. The van der Waals surface area contributed by atoms with Gasteiger partial charge < -0.3 is 10.6 Å². The molecule has 1 saturated carbocycles. The maximum absolute atomic E-state index is 12.4. The van der Waals surface area contributed by atoms with Crippen LogP contribution in [-0.2, 0) is 9.59 Å². The Bertz CT molecular complexity index is 603. The minimum Gasteiger partial charge on any atom is -0.354 e. The molecule has 0 aliphatic heterocycles. The van der Waals surface area contributed by atoms with Gasteiger partial charge in [0.1, 0.15) is 0 Å². The van der Waals surface area contributed by atoms with E-state index >= 15 is 0 Å². The fraction of sp³-hybridized carbons (Fsp3) is 0.619.